The molecule has 1 aliphatic carbocycles. The van der Waals surface area contributed by atoms with E-state index in [0.717, 1.165) is 18.9 Å². The summed E-state index contributed by atoms with van der Waals surface area (Å²) in [6.45, 7) is 9.08. The minimum Gasteiger partial charge on any atom is -0.303 e. The van der Waals surface area contributed by atoms with Gasteiger partial charge in [-0.15, -0.1) is 0 Å². The Morgan fingerprint density at radius 2 is 2.15 bits per heavy atom. The van der Waals surface area contributed by atoms with Crippen molar-refractivity contribution in [3.05, 3.63) is 0 Å². The Hall–Kier alpha value is -0.590. The summed E-state index contributed by atoms with van der Waals surface area (Å²) >= 11 is 0. The maximum atomic E-state index is 9.60. The van der Waals surface area contributed by atoms with E-state index >= 15 is 0 Å². The Morgan fingerprint density at radius 3 is 2.85 bits per heavy atom. The van der Waals surface area contributed by atoms with E-state index in [1.54, 1.807) is 0 Å². The van der Waals surface area contributed by atoms with E-state index in [4.69, 9.17) is 0 Å². The summed E-state index contributed by atoms with van der Waals surface area (Å²) in [7, 11) is 0. The van der Waals surface area contributed by atoms with Gasteiger partial charge < -0.3 is 4.90 Å². The number of rotatable bonds is 7. The van der Waals surface area contributed by atoms with Crippen LogP contribution in [0.4, 0.5) is 0 Å². The van der Waals surface area contributed by atoms with Crippen molar-refractivity contribution in [3.8, 4) is 6.07 Å². The first-order valence-corrected chi connectivity index (χ1v) is 8.62. The van der Waals surface area contributed by atoms with Gasteiger partial charge in [0.25, 0.3) is 0 Å². The summed E-state index contributed by atoms with van der Waals surface area (Å²) in [5, 5.41) is 13.1. The highest BCUT2D eigenvalue weighted by Crippen LogP contribution is 2.38. The second-order valence-corrected chi connectivity index (χ2v) is 6.74. The number of nitrogens with one attached hydrogen (secondary N) is 1. The van der Waals surface area contributed by atoms with Crippen molar-refractivity contribution < 1.29 is 0 Å². The first-order valence-electron chi connectivity index (χ1n) is 8.62. The van der Waals surface area contributed by atoms with Crippen LogP contribution in [0.1, 0.15) is 58.8 Å². The quantitative estimate of drug-likeness (QED) is 0.777. The zero-order valence-electron chi connectivity index (χ0n) is 13.3. The van der Waals surface area contributed by atoms with Crippen LogP contribution in [0.3, 0.4) is 0 Å². The lowest BCUT2D eigenvalue weighted by Crippen LogP contribution is -2.47. The molecule has 1 heterocycles. The van der Waals surface area contributed by atoms with E-state index in [2.05, 4.69) is 30.1 Å². The molecule has 2 rings (SSSR count). The Balaban J connectivity index is 1.80. The van der Waals surface area contributed by atoms with Gasteiger partial charge in [-0.05, 0) is 63.6 Å². The first kappa shape index (κ1) is 15.8. The molecule has 1 N–H and O–H groups in total. The topological polar surface area (TPSA) is 39.1 Å². The van der Waals surface area contributed by atoms with Gasteiger partial charge in [0.1, 0.15) is 5.54 Å². The average molecular weight is 277 g/mol. The van der Waals surface area contributed by atoms with Crippen molar-refractivity contribution >= 4 is 0 Å². The number of nitrogens with zero attached hydrogens (tertiary/aromatic N) is 2. The fourth-order valence-electron chi connectivity index (χ4n) is 4.30. The van der Waals surface area contributed by atoms with Crippen molar-refractivity contribution in [2.24, 2.45) is 11.8 Å². The number of nitriles is 1. The van der Waals surface area contributed by atoms with Gasteiger partial charge in [0.05, 0.1) is 6.07 Å². The third-order valence-electron chi connectivity index (χ3n) is 5.37. The highest BCUT2D eigenvalue weighted by atomic mass is 15.1. The molecule has 0 aromatic rings. The van der Waals surface area contributed by atoms with Gasteiger partial charge >= 0.3 is 0 Å². The molecule has 2 aliphatic rings. The molecular formula is C17H31N3. The van der Waals surface area contributed by atoms with Crippen molar-refractivity contribution in [1.29, 1.82) is 5.26 Å². The minimum absolute atomic E-state index is 0.225. The van der Waals surface area contributed by atoms with E-state index in [1.807, 2.05) is 0 Å². The van der Waals surface area contributed by atoms with Crippen molar-refractivity contribution in [2.45, 2.75) is 64.3 Å². The summed E-state index contributed by atoms with van der Waals surface area (Å²) in [6, 6.07) is 2.60. The van der Waals surface area contributed by atoms with Crippen LogP contribution in [-0.4, -0.2) is 36.6 Å². The molecule has 3 heteroatoms. The molecular weight excluding hydrogens is 246 g/mol. The van der Waals surface area contributed by atoms with Crippen LogP contribution >= 0.6 is 0 Å². The molecule has 3 unspecified atom stereocenters. The maximum Gasteiger partial charge on any atom is 0.109 e. The molecule has 0 amide bonds. The lowest BCUT2D eigenvalue weighted by Gasteiger charge is -2.30. The lowest BCUT2D eigenvalue weighted by molar-refractivity contribution is 0.246. The molecule has 1 aliphatic heterocycles. The van der Waals surface area contributed by atoms with E-state index in [-0.39, 0.29) is 5.54 Å². The Bertz CT molecular complexity index is 336. The molecule has 3 atom stereocenters. The summed E-state index contributed by atoms with van der Waals surface area (Å²) in [4.78, 5) is 2.63. The molecule has 20 heavy (non-hydrogen) atoms. The van der Waals surface area contributed by atoms with Gasteiger partial charge in [0, 0.05) is 6.54 Å². The van der Waals surface area contributed by atoms with Gasteiger partial charge in [0.2, 0.25) is 0 Å². The highest BCUT2D eigenvalue weighted by Gasteiger charge is 2.42. The average Bonchev–Trinajstić information content (AvgIpc) is 3.05. The molecule has 0 radical (unpaired) electrons. The van der Waals surface area contributed by atoms with Gasteiger partial charge in [-0.1, -0.05) is 26.7 Å². The zero-order valence-corrected chi connectivity index (χ0v) is 13.3. The summed E-state index contributed by atoms with van der Waals surface area (Å²) in [6.07, 6.45) is 8.77. The zero-order chi connectivity index (χ0) is 14.4. The fourth-order valence-corrected chi connectivity index (χ4v) is 4.30. The van der Waals surface area contributed by atoms with Crippen LogP contribution < -0.4 is 5.32 Å². The number of hydrogen-bond donors (Lipinski definition) is 1. The van der Waals surface area contributed by atoms with E-state index in [1.165, 1.54) is 58.2 Å². The molecule has 0 aromatic heterocycles. The minimum atomic E-state index is -0.225. The van der Waals surface area contributed by atoms with Gasteiger partial charge in [0.15, 0.2) is 0 Å². The molecule has 2 fully saturated rings. The fraction of sp³-hybridized carbons (Fsp3) is 0.941. The second kappa shape index (κ2) is 7.43. The van der Waals surface area contributed by atoms with E-state index < -0.39 is 0 Å². The Kier molecular flexibility index (Phi) is 5.86. The molecule has 0 aromatic carbocycles. The normalized spacial score (nSPS) is 34.5. The summed E-state index contributed by atoms with van der Waals surface area (Å²) < 4.78 is 0. The molecule has 0 bridgehead atoms. The molecule has 1 saturated carbocycles. The highest BCUT2D eigenvalue weighted by molar-refractivity contribution is 5.14. The predicted molar refractivity (Wildman–Crippen MR) is 83.4 cm³/mol. The Labute approximate surface area is 124 Å². The van der Waals surface area contributed by atoms with Crippen LogP contribution in [0.15, 0.2) is 0 Å². The summed E-state index contributed by atoms with van der Waals surface area (Å²) in [5.74, 6) is 1.48. The standard InChI is InChI=1S/C17H31N3/c1-3-6-15-8-11-20(13-15)12-9-16-7-5-10-17(16,14-18)19-4-2/h15-16,19H,3-13H2,1-2H3. The number of likely N-dealkylation sites (tertiary alicyclic amines) is 1. The SMILES string of the molecule is CCCC1CCN(CCC2CCCC2(C#N)NCC)C1. The van der Waals surface area contributed by atoms with Crippen LogP contribution in [0.5, 0.6) is 0 Å². The number of hydrogen-bond acceptors (Lipinski definition) is 3. The second-order valence-electron chi connectivity index (χ2n) is 6.74. The molecule has 114 valence electrons. The monoisotopic (exact) mass is 277 g/mol. The van der Waals surface area contributed by atoms with Gasteiger partial charge in [-0.3, -0.25) is 5.32 Å². The molecule has 1 saturated heterocycles. The lowest BCUT2D eigenvalue weighted by atomic mass is 9.85. The van der Waals surface area contributed by atoms with E-state index in [9.17, 15) is 5.26 Å². The molecule has 0 spiro atoms. The maximum absolute atomic E-state index is 9.60. The first-order chi connectivity index (χ1) is 9.74. The smallest absolute Gasteiger partial charge is 0.109 e. The van der Waals surface area contributed by atoms with Crippen molar-refractivity contribution in [2.75, 3.05) is 26.2 Å². The van der Waals surface area contributed by atoms with Crippen molar-refractivity contribution in [1.82, 2.24) is 10.2 Å². The van der Waals surface area contributed by atoms with Crippen LogP contribution in [-0.2, 0) is 0 Å². The van der Waals surface area contributed by atoms with E-state index in [0.29, 0.717) is 5.92 Å². The van der Waals surface area contributed by atoms with Crippen LogP contribution in [0, 0.1) is 23.2 Å². The predicted octanol–water partition coefficient (Wildman–Crippen LogP) is 3.17. The largest absolute Gasteiger partial charge is 0.303 e. The summed E-state index contributed by atoms with van der Waals surface area (Å²) in [5.41, 5.74) is -0.225. The third kappa shape index (κ3) is 3.54. The van der Waals surface area contributed by atoms with Crippen LogP contribution in [0.25, 0.3) is 0 Å². The third-order valence-corrected chi connectivity index (χ3v) is 5.37. The van der Waals surface area contributed by atoms with Gasteiger partial charge in [-0.25, -0.2) is 0 Å². The molecule has 3 nitrogen and oxygen atoms in total. The van der Waals surface area contributed by atoms with Crippen LogP contribution in [0.2, 0.25) is 0 Å². The Morgan fingerprint density at radius 1 is 1.30 bits per heavy atom. The van der Waals surface area contributed by atoms with Crippen molar-refractivity contribution in [3.63, 3.8) is 0 Å². The van der Waals surface area contributed by atoms with Gasteiger partial charge in [-0.2, -0.15) is 5.26 Å².